The molecule has 0 radical (unpaired) electrons. The molecule has 5 nitrogen and oxygen atoms in total. The van der Waals surface area contributed by atoms with Gasteiger partial charge in [0, 0.05) is 25.3 Å². The van der Waals surface area contributed by atoms with Gasteiger partial charge in [-0.3, -0.25) is 9.59 Å². The summed E-state index contributed by atoms with van der Waals surface area (Å²) in [7, 11) is 0. The van der Waals surface area contributed by atoms with E-state index in [1.165, 1.54) is 19.3 Å². The van der Waals surface area contributed by atoms with Crippen molar-refractivity contribution < 1.29 is 14.7 Å². The molecule has 0 aliphatic carbocycles. The topological polar surface area (TPSA) is 92.4 Å². The number of carbonyl (C=O) groups is 2. The molecule has 21 heavy (non-hydrogen) atoms. The van der Waals surface area contributed by atoms with Crippen LogP contribution in [0.2, 0.25) is 0 Å². The molecule has 6 heteroatoms. The van der Waals surface area contributed by atoms with E-state index in [0.29, 0.717) is 18.7 Å². The maximum Gasteiger partial charge on any atom is 0.303 e. The van der Waals surface area contributed by atoms with E-state index in [-0.39, 0.29) is 5.91 Å². The largest absolute Gasteiger partial charge is 0.481 e. The van der Waals surface area contributed by atoms with Crippen LogP contribution in [-0.4, -0.2) is 41.6 Å². The Balaban J connectivity index is 3.11. The van der Waals surface area contributed by atoms with Gasteiger partial charge in [0.1, 0.15) is 0 Å². The average Bonchev–Trinajstić information content (AvgIpc) is 2.44. The zero-order valence-corrected chi connectivity index (χ0v) is 13.8. The van der Waals surface area contributed by atoms with Gasteiger partial charge in [0.25, 0.3) is 0 Å². The molecule has 0 fully saturated rings. The van der Waals surface area contributed by atoms with Gasteiger partial charge in [-0.15, -0.1) is 0 Å². The number of hydrogen-bond acceptors (Lipinski definition) is 4. The number of rotatable bonds is 15. The third-order valence-corrected chi connectivity index (χ3v) is 4.13. The van der Waals surface area contributed by atoms with Gasteiger partial charge < -0.3 is 16.2 Å². The number of hydrogen-bond donors (Lipinski definition) is 3. The first-order valence-corrected chi connectivity index (χ1v) is 9.08. The number of unbranched alkanes of at least 4 members (excludes halogenated alkanes) is 7. The van der Waals surface area contributed by atoms with Crippen molar-refractivity contribution in [1.82, 2.24) is 5.32 Å². The number of amides is 1. The summed E-state index contributed by atoms with van der Waals surface area (Å²) in [6, 6.07) is 0. The van der Waals surface area contributed by atoms with E-state index in [2.05, 4.69) is 5.32 Å². The van der Waals surface area contributed by atoms with Crippen LogP contribution in [0.3, 0.4) is 0 Å². The third kappa shape index (κ3) is 17.2. The molecule has 4 N–H and O–H groups in total. The van der Waals surface area contributed by atoms with Gasteiger partial charge in [-0.25, -0.2) is 0 Å². The highest BCUT2D eigenvalue weighted by Gasteiger charge is 2.00. The Kier molecular flexibility index (Phi) is 15.1. The Hall–Kier alpha value is -0.750. The first kappa shape index (κ1) is 20.2. The lowest BCUT2D eigenvalue weighted by molar-refractivity contribution is -0.137. The Morgan fingerprint density at radius 1 is 0.952 bits per heavy atom. The van der Waals surface area contributed by atoms with E-state index < -0.39 is 5.97 Å². The van der Waals surface area contributed by atoms with Crippen molar-refractivity contribution in [3.8, 4) is 0 Å². The van der Waals surface area contributed by atoms with Crippen molar-refractivity contribution in [3.05, 3.63) is 0 Å². The molecule has 0 heterocycles. The summed E-state index contributed by atoms with van der Waals surface area (Å²) in [5.74, 6) is 0.748. The van der Waals surface area contributed by atoms with Crippen LogP contribution in [0.1, 0.15) is 57.8 Å². The van der Waals surface area contributed by atoms with E-state index in [4.69, 9.17) is 10.8 Å². The zero-order chi connectivity index (χ0) is 15.8. The van der Waals surface area contributed by atoms with Crippen molar-refractivity contribution in [2.24, 2.45) is 5.73 Å². The van der Waals surface area contributed by atoms with E-state index in [0.717, 1.165) is 44.4 Å². The smallest absolute Gasteiger partial charge is 0.303 e. The minimum absolute atomic E-state index is 0.104. The first-order valence-electron chi connectivity index (χ1n) is 7.93. The lowest BCUT2D eigenvalue weighted by Gasteiger charge is -2.05. The second-order valence-corrected chi connectivity index (χ2v) is 6.27. The third-order valence-electron chi connectivity index (χ3n) is 3.13. The summed E-state index contributed by atoms with van der Waals surface area (Å²) in [6.07, 6.45) is 8.99. The van der Waals surface area contributed by atoms with E-state index >= 15 is 0 Å². The Labute approximate surface area is 132 Å². The highest BCUT2D eigenvalue weighted by atomic mass is 32.2. The van der Waals surface area contributed by atoms with Gasteiger partial charge in [0.15, 0.2) is 0 Å². The number of carbonyl (C=O) groups excluding carboxylic acids is 1. The average molecular weight is 318 g/mol. The van der Waals surface area contributed by atoms with Crippen LogP contribution in [0, 0.1) is 0 Å². The highest BCUT2D eigenvalue weighted by Crippen LogP contribution is 2.09. The van der Waals surface area contributed by atoms with Crippen molar-refractivity contribution in [1.29, 1.82) is 0 Å². The Morgan fingerprint density at radius 2 is 1.52 bits per heavy atom. The molecule has 0 aliphatic rings. The molecule has 0 aromatic carbocycles. The standard InChI is InChI=1S/C15H30N2O3S/c16-10-12-21-13-14(18)17-11-8-6-4-2-1-3-5-7-9-15(19)20/h1-13,16H2,(H,17,18)(H,19,20). The van der Waals surface area contributed by atoms with Crippen LogP contribution in [0.4, 0.5) is 0 Å². The normalized spacial score (nSPS) is 10.5. The fraction of sp³-hybridized carbons (Fsp3) is 0.867. The summed E-state index contributed by atoms with van der Waals surface area (Å²) in [4.78, 5) is 21.7. The van der Waals surface area contributed by atoms with Crippen LogP contribution >= 0.6 is 11.8 Å². The van der Waals surface area contributed by atoms with Crippen molar-refractivity contribution in [3.63, 3.8) is 0 Å². The van der Waals surface area contributed by atoms with Crippen LogP contribution in [0.15, 0.2) is 0 Å². The molecule has 0 rings (SSSR count). The summed E-state index contributed by atoms with van der Waals surface area (Å²) in [6.45, 7) is 1.38. The molecule has 0 aromatic rings. The maximum atomic E-state index is 11.4. The summed E-state index contributed by atoms with van der Waals surface area (Å²) < 4.78 is 0. The van der Waals surface area contributed by atoms with Gasteiger partial charge in [-0.05, 0) is 12.8 Å². The van der Waals surface area contributed by atoms with Crippen LogP contribution < -0.4 is 11.1 Å². The molecule has 0 saturated carbocycles. The number of thioether (sulfide) groups is 1. The van der Waals surface area contributed by atoms with Gasteiger partial charge in [-0.2, -0.15) is 11.8 Å². The number of nitrogens with two attached hydrogens (primary N) is 1. The summed E-state index contributed by atoms with van der Waals surface area (Å²) >= 11 is 1.57. The molecule has 0 unspecified atom stereocenters. The van der Waals surface area contributed by atoms with E-state index in [1.807, 2.05) is 0 Å². The summed E-state index contributed by atoms with van der Waals surface area (Å²) in [5.41, 5.74) is 5.36. The zero-order valence-electron chi connectivity index (χ0n) is 12.9. The molecule has 0 saturated heterocycles. The number of aliphatic carboxylic acids is 1. The molecular formula is C15H30N2O3S. The minimum atomic E-state index is -0.696. The molecule has 0 spiro atoms. The van der Waals surface area contributed by atoms with Crippen molar-refractivity contribution in [2.75, 3.05) is 24.6 Å². The minimum Gasteiger partial charge on any atom is -0.481 e. The van der Waals surface area contributed by atoms with Crippen LogP contribution in [-0.2, 0) is 9.59 Å². The maximum absolute atomic E-state index is 11.4. The predicted octanol–water partition coefficient (Wildman–Crippen LogP) is 2.39. The lowest BCUT2D eigenvalue weighted by Crippen LogP contribution is -2.26. The molecule has 0 atom stereocenters. The highest BCUT2D eigenvalue weighted by molar-refractivity contribution is 7.99. The molecule has 0 aliphatic heterocycles. The fourth-order valence-corrected chi connectivity index (χ4v) is 2.59. The second-order valence-electron chi connectivity index (χ2n) is 5.16. The number of nitrogens with one attached hydrogen (secondary N) is 1. The summed E-state index contributed by atoms with van der Waals surface area (Å²) in [5, 5.41) is 11.4. The van der Waals surface area contributed by atoms with Gasteiger partial charge in [0.2, 0.25) is 5.91 Å². The molecule has 0 bridgehead atoms. The van der Waals surface area contributed by atoms with Crippen molar-refractivity contribution in [2.45, 2.75) is 57.8 Å². The predicted molar refractivity (Wildman–Crippen MR) is 88.6 cm³/mol. The SMILES string of the molecule is NCCSCC(=O)NCCCCCCCCCCC(=O)O. The molecule has 0 aromatic heterocycles. The lowest BCUT2D eigenvalue weighted by atomic mass is 10.1. The quantitative estimate of drug-likeness (QED) is 0.403. The van der Waals surface area contributed by atoms with E-state index in [1.54, 1.807) is 11.8 Å². The monoisotopic (exact) mass is 318 g/mol. The first-order chi connectivity index (χ1) is 10.2. The fourth-order valence-electron chi connectivity index (χ4n) is 1.99. The van der Waals surface area contributed by atoms with Gasteiger partial charge in [-0.1, -0.05) is 38.5 Å². The van der Waals surface area contributed by atoms with Crippen molar-refractivity contribution >= 4 is 23.6 Å². The van der Waals surface area contributed by atoms with Crippen LogP contribution in [0.25, 0.3) is 0 Å². The Bertz CT molecular complexity index is 276. The van der Waals surface area contributed by atoms with E-state index in [9.17, 15) is 9.59 Å². The number of carboxylic acids is 1. The Morgan fingerprint density at radius 3 is 2.10 bits per heavy atom. The van der Waals surface area contributed by atoms with Gasteiger partial charge >= 0.3 is 5.97 Å². The molecule has 124 valence electrons. The second kappa shape index (κ2) is 15.6. The van der Waals surface area contributed by atoms with Crippen LogP contribution in [0.5, 0.6) is 0 Å². The van der Waals surface area contributed by atoms with Gasteiger partial charge in [0.05, 0.1) is 5.75 Å². The molecule has 1 amide bonds. The molecular weight excluding hydrogens is 288 g/mol. The number of carboxylic acid groups (broad SMARTS) is 1.